The highest BCUT2D eigenvalue weighted by atomic mass is 16.5. The lowest BCUT2D eigenvalue weighted by Gasteiger charge is -2.33. The molecule has 0 N–H and O–H groups in total. The standard InChI is InChI=1S/C32H40N4O3/c1-23(7-12-29(33-2)39-18-6-17-35-15-4-3-5-16-35)24-8-11-27-26(21-24)30-28(22-34-27)36(25-9-10-25)31(37)32(30)13-19-38-20-14-32/h7-8,11-12,21-22,25H,2-6,9-10,13-20H2,1H3/b23-7+,29-12+. The molecule has 0 bridgehead atoms. The summed E-state index contributed by atoms with van der Waals surface area (Å²) in [5.74, 6) is 0.792. The Morgan fingerprint density at radius 3 is 2.74 bits per heavy atom. The van der Waals surface area contributed by atoms with Crippen LogP contribution in [-0.2, 0) is 19.7 Å². The predicted octanol–water partition coefficient (Wildman–Crippen LogP) is 5.63. The Labute approximate surface area is 231 Å². The van der Waals surface area contributed by atoms with E-state index in [9.17, 15) is 4.79 Å². The van der Waals surface area contributed by atoms with E-state index in [2.05, 4.69) is 46.6 Å². The molecule has 3 fully saturated rings. The minimum absolute atomic E-state index is 0.248. The summed E-state index contributed by atoms with van der Waals surface area (Å²) in [7, 11) is 0. The first-order valence-corrected chi connectivity index (χ1v) is 14.7. The Kier molecular flexibility index (Phi) is 7.54. The topological polar surface area (TPSA) is 67.3 Å². The van der Waals surface area contributed by atoms with Crippen molar-refractivity contribution in [3.63, 3.8) is 0 Å². The summed E-state index contributed by atoms with van der Waals surface area (Å²) in [5, 5.41) is 1.08. The molecule has 3 aliphatic heterocycles. The molecule has 4 aliphatic rings. The van der Waals surface area contributed by atoms with Crippen molar-refractivity contribution in [1.29, 1.82) is 0 Å². The molecule has 1 aromatic heterocycles. The first-order chi connectivity index (χ1) is 19.1. The van der Waals surface area contributed by atoms with Crippen LogP contribution in [0, 0.1) is 0 Å². The fraction of sp³-hybridized carbons (Fsp3) is 0.531. The van der Waals surface area contributed by atoms with E-state index in [1.165, 1.54) is 32.4 Å². The van der Waals surface area contributed by atoms with Crippen LogP contribution < -0.4 is 4.90 Å². The van der Waals surface area contributed by atoms with Crippen molar-refractivity contribution in [2.45, 2.75) is 69.7 Å². The van der Waals surface area contributed by atoms with Crippen LogP contribution in [0.15, 0.2) is 47.4 Å². The molecule has 2 aromatic rings. The van der Waals surface area contributed by atoms with E-state index >= 15 is 0 Å². The molecule has 2 saturated heterocycles. The minimum atomic E-state index is -0.504. The zero-order valence-electron chi connectivity index (χ0n) is 23.2. The van der Waals surface area contributed by atoms with Gasteiger partial charge in [0.25, 0.3) is 0 Å². The first kappa shape index (κ1) is 26.2. The number of ether oxygens (including phenoxy) is 2. The Balaban J connectivity index is 1.24. The first-order valence-electron chi connectivity index (χ1n) is 14.7. The highest BCUT2D eigenvalue weighted by molar-refractivity contribution is 6.13. The number of hydrogen-bond acceptors (Lipinski definition) is 6. The van der Waals surface area contributed by atoms with Crippen LogP contribution in [0.25, 0.3) is 16.5 Å². The number of aromatic nitrogens is 1. The number of benzene rings is 1. The van der Waals surface area contributed by atoms with Crippen LogP contribution in [0.1, 0.15) is 69.4 Å². The maximum Gasteiger partial charge on any atom is 0.238 e. The number of rotatable bonds is 9. The summed E-state index contributed by atoms with van der Waals surface area (Å²) in [4.78, 5) is 27.3. The number of pyridine rings is 1. The zero-order valence-corrected chi connectivity index (χ0v) is 23.2. The second kappa shape index (κ2) is 11.2. The van der Waals surface area contributed by atoms with Crippen molar-refractivity contribution in [3.05, 3.63) is 53.6 Å². The van der Waals surface area contributed by atoms with Gasteiger partial charge in [-0.25, -0.2) is 4.99 Å². The van der Waals surface area contributed by atoms with Gasteiger partial charge in [-0.05, 0) is 94.9 Å². The molecule has 0 atom stereocenters. The number of piperidine rings is 1. The lowest BCUT2D eigenvalue weighted by Crippen LogP contribution is -2.44. The third kappa shape index (κ3) is 5.14. The number of fused-ring (bicyclic) bond motifs is 4. The number of carbonyl (C=O) groups excluding carboxylic acids is 1. The second-order valence-corrected chi connectivity index (χ2v) is 11.5. The number of anilines is 1. The van der Waals surface area contributed by atoms with E-state index in [0.717, 1.165) is 71.9 Å². The van der Waals surface area contributed by atoms with Crippen molar-refractivity contribution >= 4 is 34.8 Å². The molecule has 0 unspecified atom stereocenters. The van der Waals surface area contributed by atoms with Crippen LogP contribution >= 0.6 is 0 Å². The number of amides is 1. The number of hydrogen-bond donors (Lipinski definition) is 0. The van der Waals surface area contributed by atoms with Crippen molar-refractivity contribution < 1.29 is 14.3 Å². The van der Waals surface area contributed by atoms with Gasteiger partial charge in [0.05, 0.1) is 29.4 Å². The molecule has 1 amide bonds. The normalized spacial score (nSPS) is 22.0. The largest absolute Gasteiger partial charge is 0.478 e. The smallest absolute Gasteiger partial charge is 0.238 e. The number of carbonyl (C=O) groups is 1. The average Bonchev–Trinajstić information content (AvgIpc) is 3.79. The highest BCUT2D eigenvalue weighted by Crippen LogP contribution is 2.53. The van der Waals surface area contributed by atoms with Crippen molar-refractivity contribution in [2.75, 3.05) is 44.4 Å². The fourth-order valence-corrected chi connectivity index (χ4v) is 6.53. The zero-order chi connectivity index (χ0) is 26.8. The van der Waals surface area contributed by atoms with Crippen molar-refractivity contribution in [3.8, 4) is 0 Å². The summed E-state index contributed by atoms with van der Waals surface area (Å²) in [6.07, 6.45) is 14.4. The van der Waals surface area contributed by atoms with Gasteiger partial charge in [-0.1, -0.05) is 18.6 Å². The third-order valence-corrected chi connectivity index (χ3v) is 8.88. The summed E-state index contributed by atoms with van der Waals surface area (Å²) < 4.78 is 11.6. The van der Waals surface area contributed by atoms with E-state index in [0.29, 0.717) is 31.7 Å². The van der Waals surface area contributed by atoms with Crippen LogP contribution in [0.4, 0.5) is 5.69 Å². The van der Waals surface area contributed by atoms with E-state index < -0.39 is 5.41 Å². The van der Waals surface area contributed by atoms with E-state index in [4.69, 9.17) is 14.5 Å². The highest BCUT2D eigenvalue weighted by Gasteiger charge is 2.55. The number of likely N-dealkylation sites (tertiary alicyclic amines) is 1. The van der Waals surface area contributed by atoms with Crippen molar-refractivity contribution in [1.82, 2.24) is 9.88 Å². The molecule has 7 nitrogen and oxygen atoms in total. The summed E-state index contributed by atoms with van der Waals surface area (Å²) in [6.45, 7) is 11.2. The third-order valence-electron chi connectivity index (χ3n) is 8.88. The Bertz CT molecular complexity index is 1300. The molecule has 7 heteroatoms. The lowest BCUT2D eigenvalue weighted by atomic mass is 9.74. The van der Waals surface area contributed by atoms with Gasteiger partial charge in [-0.3, -0.25) is 9.78 Å². The van der Waals surface area contributed by atoms with Gasteiger partial charge in [-0.15, -0.1) is 0 Å². The van der Waals surface area contributed by atoms with Gasteiger partial charge in [0.1, 0.15) is 0 Å². The predicted molar refractivity (Wildman–Crippen MR) is 156 cm³/mol. The molecule has 39 heavy (non-hydrogen) atoms. The summed E-state index contributed by atoms with van der Waals surface area (Å²) >= 11 is 0. The number of aliphatic imine (C=N–C) groups is 1. The van der Waals surface area contributed by atoms with Crippen LogP contribution in [0.5, 0.6) is 0 Å². The maximum absolute atomic E-state index is 13.9. The molecule has 1 spiro atoms. The summed E-state index contributed by atoms with van der Waals surface area (Å²) in [6, 6.07) is 6.71. The molecular weight excluding hydrogens is 488 g/mol. The Morgan fingerprint density at radius 1 is 1.21 bits per heavy atom. The van der Waals surface area contributed by atoms with Gasteiger partial charge in [0.2, 0.25) is 11.8 Å². The summed E-state index contributed by atoms with van der Waals surface area (Å²) in [5.41, 5.74) is 4.78. The van der Waals surface area contributed by atoms with Gasteiger partial charge >= 0.3 is 0 Å². The SMILES string of the molecule is C=N/C(=C\C=C(/C)c1ccc2ncc3c(c2c1)C1(CCOCC1)C(=O)N3C1CC1)OCCCN1CCCCC1. The molecule has 4 heterocycles. The van der Waals surface area contributed by atoms with Gasteiger partial charge in [0.15, 0.2) is 0 Å². The second-order valence-electron chi connectivity index (χ2n) is 11.5. The lowest BCUT2D eigenvalue weighted by molar-refractivity contribution is -0.126. The minimum Gasteiger partial charge on any atom is -0.478 e. The van der Waals surface area contributed by atoms with Gasteiger partial charge < -0.3 is 19.3 Å². The Morgan fingerprint density at radius 2 is 2.00 bits per heavy atom. The van der Waals surface area contributed by atoms with Crippen molar-refractivity contribution in [2.24, 2.45) is 4.99 Å². The monoisotopic (exact) mass is 528 g/mol. The van der Waals surface area contributed by atoms with E-state index in [1.54, 1.807) is 0 Å². The average molecular weight is 529 g/mol. The van der Waals surface area contributed by atoms with Crippen LogP contribution in [0.3, 0.4) is 0 Å². The number of nitrogens with zero attached hydrogens (tertiary/aromatic N) is 4. The number of allylic oxidation sites excluding steroid dienone is 3. The van der Waals surface area contributed by atoms with Gasteiger partial charge in [0, 0.05) is 42.8 Å². The van der Waals surface area contributed by atoms with E-state index in [-0.39, 0.29) is 5.91 Å². The van der Waals surface area contributed by atoms with Crippen LogP contribution in [0.2, 0.25) is 0 Å². The molecule has 1 aliphatic carbocycles. The van der Waals surface area contributed by atoms with Crippen LogP contribution in [-0.4, -0.2) is 68.0 Å². The fourth-order valence-electron chi connectivity index (χ4n) is 6.53. The molecule has 0 radical (unpaired) electrons. The maximum atomic E-state index is 13.9. The molecular formula is C32H40N4O3. The molecule has 206 valence electrons. The molecule has 1 aromatic carbocycles. The molecule has 6 rings (SSSR count). The molecule has 1 saturated carbocycles. The van der Waals surface area contributed by atoms with E-state index in [1.807, 2.05) is 18.3 Å². The quantitative estimate of drug-likeness (QED) is 0.183. The Hall–Kier alpha value is -3.03. The van der Waals surface area contributed by atoms with Gasteiger partial charge in [-0.2, -0.15) is 0 Å².